The molecule has 98 valence electrons. The zero-order valence-corrected chi connectivity index (χ0v) is 12.7. The maximum absolute atomic E-state index is 6.05. The number of anilines is 1. The average molecular weight is 330 g/mol. The average Bonchev–Trinajstić information content (AvgIpc) is 2.81. The summed E-state index contributed by atoms with van der Waals surface area (Å²) in [5.41, 5.74) is 1.12. The number of rotatable bonds is 2. The van der Waals surface area contributed by atoms with Crippen LogP contribution >= 0.6 is 27.5 Å². The summed E-state index contributed by atoms with van der Waals surface area (Å²) in [5.74, 6) is 0. The summed E-state index contributed by atoms with van der Waals surface area (Å²) in [6.07, 6.45) is 5.24. The molecule has 0 bridgehead atoms. The van der Waals surface area contributed by atoms with Gasteiger partial charge in [0, 0.05) is 28.1 Å². The van der Waals surface area contributed by atoms with E-state index < -0.39 is 0 Å². The van der Waals surface area contributed by atoms with Gasteiger partial charge in [-0.15, -0.1) is 0 Å². The molecular formula is C14H18BrClN2. The fourth-order valence-corrected chi connectivity index (χ4v) is 3.72. The van der Waals surface area contributed by atoms with E-state index in [1.54, 1.807) is 0 Å². The second-order valence-corrected chi connectivity index (χ2v) is 6.61. The van der Waals surface area contributed by atoms with Crippen LogP contribution in [-0.4, -0.2) is 30.1 Å². The molecule has 4 heteroatoms. The van der Waals surface area contributed by atoms with Crippen molar-refractivity contribution < 1.29 is 0 Å². The molecule has 0 amide bonds. The Morgan fingerprint density at radius 1 is 1.28 bits per heavy atom. The van der Waals surface area contributed by atoms with Gasteiger partial charge in [0.1, 0.15) is 0 Å². The molecule has 2 aliphatic heterocycles. The number of benzene rings is 1. The molecule has 0 saturated carbocycles. The summed E-state index contributed by atoms with van der Waals surface area (Å²) in [4.78, 5) is 2.64. The number of nitrogens with zero attached hydrogens (tertiary/aromatic N) is 1. The number of fused-ring (bicyclic) bond motifs is 1. The van der Waals surface area contributed by atoms with Crippen molar-refractivity contribution in [2.75, 3.05) is 18.4 Å². The predicted octanol–water partition coefficient (Wildman–Crippen LogP) is 4.14. The SMILES string of the molecule is Clc1ccc(Br)c(NC2CCN3CCCC3C2)c1. The molecule has 3 rings (SSSR count). The maximum Gasteiger partial charge on any atom is 0.0501 e. The number of halogens is 2. The summed E-state index contributed by atoms with van der Waals surface area (Å²) in [6.45, 7) is 2.54. The molecule has 1 aromatic carbocycles. The molecule has 2 aliphatic rings. The number of hydrogen-bond acceptors (Lipinski definition) is 2. The van der Waals surface area contributed by atoms with Gasteiger partial charge in [-0.2, -0.15) is 0 Å². The van der Waals surface area contributed by atoms with Crippen LogP contribution in [0.1, 0.15) is 25.7 Å². The van der Waals surface area contributed by atoms with E-state index in [1.165, 1.54) is 38.8 Å². The smallest absolute Gasteiger partial charge is 0.0501 e. The van der Waals surface area contributed by atoms with E-state index in [-0.39, 0.29) is 0 Å². The largest absolute Gasteiger partial charge is 0.381 e. The second kappa shape index (κ2) is 5.40. The van der Waals surface area contributed by atoms with Crippen molar-refractivity contribution in [3.05, 3.63) is 27.7 Å². The van der Waals surface area contributed by atoms with Crippen LogP contribution in [0.4, 0.5) is 5.69 Å². The normalized spacial score (nSPS) is 28.1. The van der Waals surface area contributed by atoms with Crippen molar-refractivity contribution in [1.29, 1.82) is 0 Å². The second-order valence-electron chi connectivity index (χ2n) is 5.32. The number of nitrogens with one attached hydrogen (secondary N) is 1. The Hall–Kier alpha value is -0.250. The molecule has 0 aliphatic carbocycles. The van der Waals surface area contributed by atoms with Gasteiger partial charge in [0.15, 0.2) is 0 Å². The fraction of sp³-hybridized carbons (Fsp3) is 0.571. The molecule has 0 aromatic heterocycles. The maximum atomic E-state index is 6.05. The molecule has 2 saturated heterocycles. The minimum absolute atomic E-state index is 0.583. The minimum atomic E-state index is 0.583. The first-order valence-electron chi connectivity index (χ1n) is 6.68. The van der Waals surface area contributed by atoms with Crippen LogP contribution in [0.15, 0.2) is 22.7 Å². The Bertz CT molecular complexity index is 438. The third-order valence-electron chi connectivity index (χ3n) is 4.11. The van der Waals surface area contributed by atoms with Gasteiger partial charge in [-0.3, -0.25) is 0 Å². The first-order valence-corrected chi connectivity index (χ1v) is 7.85. The first kappa shape index (κ1) is 12.8. The van der Waals surface area contributed by atoms with Crippen LogP contribution in [0.5, 0.6) is 0 Å². The lowest BCUT2D eigenvalue weighted by molar-refractivity contribution is 0.188. The van der Waals surface area contributed by atoms with E-state index in [0.717, 1.165) is 21.2 Å². The van der Waals surface area contributed by atoms with Gasteiger partial charge in [-0.25, -0.2) is 0 Å². The van der Waals surface area contributed by atoms with E-state index >= 15 is 0 Å². The Balaban J connectivity index is 1.67. The molecule has 18 heavy (non-hydrogen) atoms. The van der Waals surface area contributed by atoms with E-state index in [1.807, 2.05) is 18.2 Å². The van der Waals surface area contributed by atoms with Gasteiger partial charge < -0.3 is 10.2 Å². The quantitative estimate of drug-likeness (QED) is 0.877. The van der Waals surface area contributed by atoms with Crippen molar-refractivity contribution in [3.8, 4) is 0 Å². The van der Waals surface area contributed by atoms with E-state index in [2.05, 4.69) is 26.1 Å². The molecule has 0 radical (unpaired) electrons. The molecule has 1 N–H and O–H groups in total. The van der Waals surface area contributed by atoms with Gasteiger partial charge >= 0.3 is 0 Å². The van der Waals surface area contributed by atoms with Gasteiger partial charge in [0.05, 0.1) is 5.69 Å². The Morgan fingerprint density at radius 3 is 3.06 bits per heavy atom. The molecule has 2 heterocycles. The highest BCUT2D eigenvalue weighted by Gasteiger charge is 2.31. The first-order chi connectivity index (χ1) is 8.72. The summed E-state index contributed by atoms with van der Waals surface area (Å²) in [5, 5.41) is 4.44. The lowest BCUT2D eigenvalue weighted by Crippen LogP contribution is -2.42. The predicted molar refractivity (Wildman–Crippen MR) is 80.4 cm³/mol. The molecule has 0 spiro atoms. The summed E-state index contributed by atoms with van der Waals surface area (Å²) >= 11 is 9.64. The lowest BCUT2D eigenvalue weighted by atomic mass is 9.97. The zero-order chi connectivity index (χ0) is 12.5. The fourth-order valence-electron chi connectivity index (χ4n) is 3.18. The van der Waals surface area contributed by atoms with Crippen LogP contribution in [0.25, 0.3) is 0 Å². The monoisotopic (exact) mass is 328 g/mol. The van der Waals surface area contributed by atoms with Crippen LogP contribution in [0, 0.1) is 0 Å². The lowest BCUT2D eigenvalue weighted by Gasteiger charge is -2.35. The van der Waals surface area contributed by atoms with Gasteiger partial charge in [0.2, 0.25) is 0 Å². The molecule has 2 nitrogen and oxygen atoms in total. The Morgan fingerprint density at radius 2 is 2.17 bits per heavy atom. The summed E-state index contributed by atoms with van der Waals surface area (Å²) < 4.78 is 1.10. The van der Waals surface area contributed by atoms with Crippen molar-refractivity contribution in [2.45, 2.75) is 37.8 Å². The van der Waals surface area contributed by atoms with Crippen molar-refractivity contribution in [1.82, 2.24) is 4.90 Å². The van der Waals surface area contributed by atoms with Crippen LogP contribution in [-0.2, 0) is 0 Å². The van der Waals surface area contributed by atoms with Gasteiger partial charge in [-0.1, -0.05) is 11.6 Å². The molecule has 2 unspecified atom stereocenters. The third-order valence-corrected chi connectivity index (χ3v) is 5.04. The summed E-state index contributed by atoms with van der Waals surface area (Å²) in [6, 6.07) is 7.31. The number of hydrogen-bond donors (Lipinski definition) is 1. The standard InChI is InChI=1S/C14H18BrClN2/c15-13-4-3-10(16)8-14(13)17-11-5-7-18-6-1-2-12(18)9-11/h3-4,8,11-12,17H,1-2,5-7,9H2. The zero-order valence-electron chi connectivity index (χ0n) is 10.3. The van der Waals surface area contributed by atoms with Crippen molar-refractivity contribution in [2.24, 2.45) is 0 Å². The topological polar surface area (TPSA) is 15.3 Å². The molecule has 2 atom stereocenters. The minimum Gasteiger partial charge on any atom is -0.381 e. The molecular weight excluding hydrogens is 312 g/mol. The van der Waals surface area contributed by atoms with Gasteiger partial charge in [0.25, 0.3) is 0 Å². The van der Waals surface area contributed by atoms with E-state index in [0.29, 0.717) is 6.04 Å². The highest BCUT2D eigenvalue weighted by atomic mass is 79.9. The van der Waals surface area contributed by atoms with Crippen LogP contribution in [0.3, 0.4) is 0 Å². The molecule has 1 aromatic rings. The number of piperidine rings is 1. The van der Waals surface area contributed by atoms with Gasteiger partial charge in [-0.05, 0) is 66.4 Å². The van der Waals surface area contributed by atoms with Crippen molar-refractivity contribution >= 4 is 33.2 Å². The van der Waals surface area contributed by atoms with Crippen LogP contribution < -0.4 is 5.32 Å². The Labute approximate surface area is 122 Å². The van der Waals surface area contributed by atoms with Crippen molar-refractivity contribution in [3.63, 3.8) is 0 Å². The van der Waals surface area contributed by atoms with E-state index in [4.69, 9.17) is 11.6 Å². The third kappa shape index (κ3) is 2.68. The highest BCUT2D eigenvalue weighted by molar-refractivity contribution is 9.10. The molecule has 2 fully saturated rings. The van der Waals surface area contributed by atoms with Crippen LogP contribution in [0.2, 0.25) is 5.02 Å². The van der Waals surface area contributed by atoms with E-state index in [9.17, 15) is 0 Å². The highest BCUT2D eigenvalue weighted by Crippen LogP contribution is 2.31. The summed E-state index contributed by atoms with van der Waals surface area (Å²) in [7, 11) is 0. The Kier molecular flexibility index (Phi) is 3.83.